The van der Waals surface area contributed by atoms with Gasteiger partial charge in [-0.3, -0.25) is 0 Å². The molecular formula is C8H7BrF3NO2S. The van der Waals surface area contributed by atoms with E-state index in [2.05, 4.69) is 15.9 Å². The normalized spacial score (nSPS) is 12.8. The maximum atomic E-state index is 12.4. The van der Waals surface area contributed by atoms with E-state index in [4.69, 9.17) is 0 Å². The van der Waals surface area contributed by atoms with Crippen LogP contribution in [0.5, 0.6) is 0 Å². The predicted molar refractivity (Wildman–Crippen MR) is 55.4 cm³/mol. The average Bonchev–Trinajstić information content (AvgIpc) is 2.16. The Labute approximate surface area is 98.8 Å². The molecule has 90 valence electrons. The van der Waals surface area contributed by atoms with Gasteiger partial charge in [0, 0.05) is 4.47 Å². The molecule has 0 heterocycles. The first kappa shape index (κ1) is 13.5. The van der Waals surface area contributed by atoms with Crippen molar-refractivity contribution in [2.45, 2.75) is 11.1 Å². The molecule has 16 heavy (non-hydrogen) atoms. The molecule has 8 heteroatoms. The molecule has 1 aromatic rings. The van der Waals surface area contributed by atoms with E-state index in [0.29, 0.717) is 6.07 Å². The molecule has 0 fully saturated rings. The molecule has 0 unspecified atom stereocenters. The molecule has 0 atom stereocenters. The Balaban J connectivity index is 3.42. The van der Waals surface area contributed by atoms with Gasteiger partial charge in [-0.25, -0.2) is 13.1 Å². The molecule has 3 nitrogen and oxygen atoms in total. The second-order valence-corrected chi connectivity index (χ2v) is 5.56. The van der Waals surface area contributed by atoms with Crippen LogP contribution in [-0.4, -0.2) is 15.5 Å². The third kappa shape index (κ3) is 2.74. The molecule has 0 aliphatic heterocycles. The van der Waals surface area contributed by atoms with Crippen molar-refractivity contribution in [2.75, 3.05) is 7.05 Å². The van der Waals surface area contributed by atoms with Gasteiger partial charge < -0.3 is 0 Å². The molecule has 0 saturated carbocycles. The van der Waals surface area contributed by atoms with E-state index in [0.717, 1.165) is 19.2 Å². The summed E-state index contributed by atoms with van der Waals surface area (Å²) in [4.78, 5) is -0.440. The van der Waals surface area contributed by atoms with Crippen molar-refractivity contribution in [2.24, 2.45) is 0 Å². The summed E-state index contributed by atoms with van der Waals surface area (Å²) >= 11 is 2.89. The highest BCUT2D eigenvalue weighted by atomic mass is 79.9. The van der Waals surface area contributed by atoms with Gasteiger partial charge in [0.15, 0.2) is 0 Å². The average molecular weight is 318 g/mol. The van der Waals surface area contributed by atoms with Crippen molar-refractivity contribution in [3.8, 4) is 0 Å². The molecule has 0 amide bonds. The van der Waals surface area contributed by atoms with Gasteiger partial charge in [-0.2, -0.15) is 13.2 Å². The van der Waals surface area contributed by atoms with Crippen LogP contribution in [0.2, 0.25) is 0 Å². The Morgan fingerprint density at radius 1 is 1.31 bits per heavy atom. The highest BCUT2D eigenvalue weighted by Gasteiger charge is 2.32. The third-order valence-electron chi connectivity index (χ3n) is 1.82. The lowest BCUT2D eigenvalue weighted by atomic mass is 10.2. The van der Waals surface area contributed by atoms with Crippen LogP contribution >= 0.6 is 15.9 Å². The van der Waals surface area contributed by atoms with Gasteiger partial charge >= 0.3 is 6.18 Å². The van der Waals surface area contributed by atoms with E-state index in [1.165, 1.54) is 0 Å². The van der Waals surface area contributed by atoms with E-state index >= 15 is 0 Å². The minimum atomic E-state index is -4.57. The quantitative estimate of drug-likeness (QED) is 0.910. The highest BCUT2D eigenvalue weighted by Crippen LogP contribution is 2.33. The SMILES string of the molecule is CNS(=O)(=O)c1cc(C(F)(F)F)ccc1Br. The number of benzene rings is 1. The molecule has 0 saturated heterocycles. The summed E-state index contributed by atoms with van der Waals surface area (Å²) < 4.78 is 61.9. The fraction of sp³-hybridized carbons (Fsp3) is 0.250. The lowest BCUT2D eigenvalue weighted by Gasteiger charge is -2.10. The lowest BCUT2D eigenvalue weighted by Crippen LogP contribution is -2.20. The summed E-state index contributed by atoms with van der Waals surface area (Å²) in [6.07, 6.45) is -4.57. The predicted octanol–water partition coefficient (Wildman–Crippen LogP) is 2.38. The molecule has 0 aromatic heterocycles. The molecule has 0 radical (unpaired) electrons. The maximum Gasteiger partial charge on any atom is 0.416 e. The molecule has 1 aromatic carbocycles. The Morgan fingerprint density at radius 2 is 1.88 bits per heavy atom. The zero-order valence-electron chi connectivity index (χ0n) is 7.97. The van der Waals surface area contributed by atoms with Crippen molar-refractivity contribution >= 4 is 26.0 Å². The second-order valence-electron chi connectivity index (χ2n) is 2.85. The highest BCUT2D eigenvalue weighted by molar-refractivity contribution is 9.10. The molecular weight excluding hydrogens is 311 g/mol. The van der Waals surface area contributed by atoms with Gasteiger partial charge in [0.1, 0.15) is 0 Å². The fourth-order valence-electron chi connectivity index (χ4n) is 0.996. The van der Waals surface area contributed by atoms with Gasteiger partial charge in [-0.15, -0.1) is 0 Å². The molecule has 0 aliphatic carbocycles. The maximum absolute atomic E-state index is 12.4. The van der Waals surface area contributed by atoms with Crippen LogP contribution in [-0.2, 0) is 16.2 Å². The van der Waals surface area contributed by atoms with Crippen molar-refractivity contribution in [1.82, 2.24) is 4.72 Å². The van der Waals surface area contributed by atoms with Gasteiger partial charge in [-0.05, 0) is 41.2 Å². The van der Waals surface area contributed by atoms with E-state index in [1.54, 1.807) is 0 Å². The third-order valence-corrected chi connectivity index (χ3v) is 4.22. The number of nitrogens with one attached hydrogen (secondary N) is 1. The first-order valence-electron chi connectivity index (χ1n) is 3.99. The molecule has 0 aliphatic rings. The van der Waals surface area contributed by atoms with E-state index in [-0.39, 0.29) is 4.47 Å². The van der Waals surface area contributed by atoms with Crippen LogP contribution in [0.1, 0.15) is 5.56 Å². The number of hydrogen-bond donors (Lipinski definition) is 1. The summed E-state index contributed by atoms with van der Waals surface area (Å²) in [6, 6.07) is 2.43. The van der Waals surface area contributed by atoms with Crippen LogP contribution in [0.15, 0.2) is 27.6 Å². The zero-order valence-corrected chi connectivity index (χ0v) is 10.4. The van der Waals surface area contributed by atoms with Crippen molar-refractivity contribution < 1.29 is 21.6 Å². The summed E-state index contributed by atoms with van der Waals surface area (Å²) in [5.41, 5.74) is -1.01. The lowest BCUT2D eigenvalue weighted by molar-refractivity contribution is -0.137. The summed E-state index contributed by atoms with van der Waals surface area (Å²) in [5, 5.41) is 0. The first-order valence-corrected chi connectivity index (χ1v) is 6.26. The second kappa shape index (κ2) is 4.34. The first-order chi connectivity index (χ1) is 7.18. The van der Waals surface area contributed by atoms with Gasteiger partial charge in [-0.1, -0.05) is 0 Å². The topological polar surface area (TPSA) is 46.2 Å². The monoisotopic (exact) mass is 317 g/mol. The summed E-state index contributed by atoms with van der Waals surface area (Å²) in [6.45, 7) is 0. The standard InChI is InChI=1S/C8H7BrF3NO2S/c1-13-16(14,15)7-4-5(8(10,11)12)2-3-6(7)9/h2-4,13H,1H3. The van der Waals surface area contributed by atoms with Crippen molar-refractivity contribution in [3.63, 3.8) is 0 Å². The van der Waals surface area contributed by atoms with E-state index in [1.807, 2.05) is 4.72 Å². The van der Waals surface area contributed by atoms with E-state index in [9.17, 15) is 21.6 Å². The van der Waals surface area contributed by atoms with Crippen LogP contribution in [0.4, 0.5) is 13.2 Å². The molecule has 0 bridgehead atoms. The van der Waals surface area contributed by atoms with E-state index < -0.39 is 26.7 Å². The number of alkyl halides is 3. The number of halogens is 4. The number of sulfonamides is 1. The largest absolute Gasteiger partial charge is 0.416 e. The van der Waals surface area contributed by atoms with Gasteiger partial charge in [0.05, 0.1) is 10.5 Å². The fourth-order valence-corrected chi connectivity index (χ4v) is 2.71. The van der Waals surface area contributed by atoms with Crippen molar-refractivity contribution in [3.05, 3.63) is 28.2 Å². The Morgan fingerprint density at radius 3 is 2.31 bits per heavy atom. The smallest absolute Gasteiger partial charge is 0.214 e. The van der Waals surface area contributed by atoms with Gasteiger partial charge in [0.2, 0.25) is 10.0 Å². The Hall–Kier alpha value is -0.600. The van der Waals surface area contributed by atoms with Crippen LogP contribution in [0.3, 0.4) is 0 Å². The van der Waals surface area contributed by atoms with Crippen molar-refractivity contribution in [1.29, 1.82) is 0 Å². The minimum absolute atomic E-state index is 0.0786. The molecule has 0 spiro atoms. The Kier molecular flexibility index (Phi) is 3.65. The summed E-state index contributed by atoms with van der Waals surface area (Å²) in [5.74, 6) is 0. The van der Waals surface area contributed by atoms with Crippen LogP contribution in [0, 0.1) is 0 Å². The zero-order chi connectivity index (χ0) is 12.6. The number of rotatable bonds is 2. The minimum Gasteiger partial charge on any atom is -0.214 e. The number of hydrogen-bond acceptors (Lipinski definition) is 2. The molecule has 1 N–H and O–H groups in total. The summed E-state index contributed by atoms with van der Waals surface area (Å²) in [7, 11) is -2.78. The van der Waals surface area contributed by atoms with Crippen LogP contribution < -0.4 is 4.72 Å². The molecule has 1 rings (SSSR count). The Bertz CT molecular complexity index is 498. The van der Waals surface area contributed by atoms with Crippen LogP contribution in [0.25, 0.3) is 0 Å². The van der Waals surface area contributed by atoms with Gasteiger partial charge in [0.25, 0.3) is 0 Å².